The van der Waals surface area contributed by atoms with Crippen molar-refractivity contribution in [3.05, 3.63) is 60.2 Å². The van der Waals surface area contributed by atoms with Crippen LogP contribution < -0.4 is 0 Å². The van der Waals surface area contributed by atoms with Crippen LogP contribution in [0.4, 0.5) is 0 Å². The minimum Gasteiger partial charge on any atom is -0.223 e. The van der Waals surface area contributed by atoms with E-state index < -0.39 is 24.8 Å². The third kappa shape index (κ3) is 3.26. The van der Waals surface area contributed by atoms with E-state index in [1.54, 1.807) is 30.3 Å². The number of rotatable bonds is 4. The van der Waals surface area contributed by atoms with E-state index in [-0.39, 0.29) is 9.79 Å². The number of benzene rings is 2. The lowest BCUT2D eigenvalue weighted by Gasteiger charge is -2.06. The highest BCUT2D eigenvalue weighted by Gasteiger charge is 2.25. The minimum absolute atomic E-state index is 0.00990. The maximum atomic E-state index is 12.2. The summed E-state index contributed by atoms with van der Waals surface area (Å²) in [7, 11) is -7.74. The smallest absolute Gasteiger partial charge is 0.193 e. The van der Waals surface area contributed by atoms with E-state index in [1.807, 2.05) is 6.92 Å². The Balaban J connectivity index is 2.36. The minimum atomic E-state index is -3.87. The van der Waals surface area contributed by atoms with Gasteiger partial charge in [0.15, 0.2) is 24.8 Å². The normalized spacial score (nSPS) is 12.2. The van der Waals surface area contributed by atoms with Gasteiger partial charge < -0.3 is 0 Å². The molecule has 0 aliphatic rings. The molecule has 0 N–H and O–H groups in total. The fourth-order valence-corrected chi connectivity index (χ4v) is 5.56. The maximum Gasteiger partial charge on any atom is 0.193 e. The monoisotopic (exact) mass is 310 g/mol. The number of hydrogen-bond donors (Lipinski definition) is 0. The molecule has 0 saturated heterocycles. The van der Waals surface area contributed by atoms with Crippen molar-refractivity contribution >= 4 is 19.7 Å². The molecule has 0 radical (unpaired) electrons. The highest BCUT2D eigenvalue weighted by molar-refractivity contribution is 8.08. The molecule has 0 amide bonds. The van der Waals surface area contributed by atoms with Crippen LogP contribution in [-0.4, -0.2) is 21.9 Å². The van der Waals surface area contributed by atoms with Crippen molar-refractivity contribution < 1.29 is 16.8 Å². The van der Waals surface area contributed by atoms with E-state index in [2.05, 4.69) is 0 Å². The standard InChI is InChI=1S/C14H14O4S2/c1-12-7-9-14(10-8-12)20(17,18)11-19(15,16)13-5-3-2-4-6-13/h2-10H,11H2,1H3. The van der Waals surface area contributed by atoms with Gasteiger partial charge in [0.25, 0.3) is 0 Å². The Morgan fingerprint density at radius 1 is 0.700 bits per heavy atom. The molecular formula is C14H14O4S2. The molecule has 0 unspecified atom stereocenters. The molecule has 2 rings (SSSR count). The van der Waals surface area contributed by atoms with Crippen LogP contribution in [-0.2, 0) is 19.7 Å². The Hall–Kier alpha value is -1.66. The summed E-state index contributed by atoms with van der Waals surface area (Å²) in [4.78, 5) is 0.0262. The predicted molar refractivity (Wildman–Crippen MR) is 76.9 cm³/mol. The molecule has 0 spiro atoms. The summed E-state index contributed by atoms with van der Waals surface area (Å²) < 4.78 is 48.5. The molecular weight excluding hydrogens is 296 g/mol. The van der Waals surface area contributed by atoms with Gasteiger partial charge in [-0.25, -0.2) is 16.8 Å². The molecule has 0 saturated carbocycles. The molecule has 106 valence electrons. The second-order valence-electron chi connectivity index (χ2n) is 4.47. The van der Waals surface area contributed by atoms with Gasteiger partial charge in [-0.1, -0.05) is 35.9 Å². The number of sulfone groups is 2. The SMILES string of the molecule is Cc1ccc(S(=O)(=O)CS(=O)(=O)c2ccccc2)cc1. The number of hydrogen-bond acceptors (Lipinski definition) is 4. The van der Waals surface area contributed by atoms with Crippen molar-refractivity contribution in [1.82, 2.24) is 0 Å². The summed E-state index contributed by atoms with van der Waals surface area (Å²) in [5.74, 6) is 0. The van der Waals surface area contributed by atoms with Gasteiger partial charge in [-0.15, -0.1) is 0 Å². The second kappa shape index (κ2) is 5.38. The molecule has 0 fully saturated rings. The van der Waals surface area contributed by atoms with Crippen LogP contribution in [0.25, 0.3) is 0 Å². The average molecular weight is 310 g/mol. The van der Waals surface area contributed by atoms with Crippen molar-refractivity contribution in [2.45, 2.75) is 16.7 Å². The molecule has 20 heavy (non-hydrogen) atoms. The van der Waals surface area contributed by atoms with Gasteiger partial charge in [-0.3, -0.25) is 0 Å². The van der Waals surface area contributed by atoms with Crippen LogP contribution in [0.2, 0.25) is 0 Å². The topological polar surface area (TPSA) is 68.3 Å². The number of aryl methyl sites for hydroxylation is 1. The van der Waals surface area contributed by atoms with E-state index in [4.69, 9.17) is 0 Å². The zero-order valence-electron chi connectivity index (χ0n) is 10.9. The Kier molecular flexibility index (Phi) is 3.96. The van der Waals surface area contributed by atoms with E-state index >= 15 is 0 Å². The molecule has 0 heterocycles. The van der Waals surface area contributed by atoms with Crippen LogP contribution in [0.15, 0.2) is 64.4 Å². The Morgan fingerprint density at radius 3 is 1.65 bits per heavy atom. The van der Waals surface area contributed by atoms with E-state index in [1.165, 1.54) is 24.3 Å². The highest BCUT2D eigenvalue weighted by Crippen LogP contribution is 2.18. The van der Waals surface area contributed by atoms with E-state index in [9.17, 15) is 16.8 Å². The summed E-state index contributed by atoms with van der Waals surface area (Å²) in [5.41, 5.74) is 0.912. The predicted octanol–water partition coefficient (Wildman–Crippen LogP) is 2.20. The average Bonchev–Trinajstić information content (AvgIpc) is 2.39. The molecule has 0 bridgehead atoms. The summed E-state index contributed by atoms with van der Waals surface area (Å²) in [6.07, 6.45) is 0. The van der Waals surface area contributed by atoms with Gasteiger partial charge in [-0.2, -0.15) is 0 Å². The first-order valence-electron chi connectivity index (χ1n) is 5.88. The Labute approximate surface area is 118 Å². The van der Waals surface area contributed by atoms with Crippen LogP contribution >= 0.6 is 0 Å². The molecule has 0 aromatic heterocycles. The fraction of sp³-hybridized carbons (Fsp3) is 0.143. The molecule has 2 aromatic rings. The first-order valence-corrected chi connectivity index (χ1v) is 9.19. The third-order valence-electron chi connectivity index (χ3n) is 2.79. The van der Waals surface area contributed by atoms with Crippen molar-refractivity contribution in [2.75, 3.05) is 5.08 Å². The molecule has 6 heteroatoms. The van der Waals surface area contributed by atoms with E-state index in [0.717, 1.165) is 5.56 Å². The summed E-state index contributed by atoms with van der Waals surface area (Å²) in [5, 5.41) is -0.924. The van der Waals surface area contributed by atoms with Gasteiger partial charge in [0.1, 0.15) is 0 Å². The first kappa shape index (κ1) is 14.7. The zero-order valence-corrected chi connectivity index (χ0v) is 12.5. The maximum absolute atomic E-state index is 12.2. The van der Waals surface area contributed by atoms with Gasteiger partial charge in [0.05, 0.1) is 9.79 Å². The van der Waals surface area contributed by atoms with Gasteiger partial charge in [0.2, 0.25) is 0 Å². The largest absolute Gasteiger partial charge is 0.223 e. The second-order valence-corrected chi connectivity index (χ2v) is 8.82. The van der Waals surface area contributed by atoms with Gasteiger partial charge >= 0.3 is 0 Å². The molecule has 2 aromatic carbocycles. The zero-order chi connectivity index (χ0) is 14.8. The Bertz CT molecular complexity index is 790. The fourth-order valence-electron chi connectivity index (χ4n) is 1.71. The van der Waals surface area contributed by atoms with Gasteiger partial charge in [0, 0.05) is 0 Å². The van der Waals surface area contributed by atoms with Crippen LogP contribution in [0.5, 0.6) is 0 Å². The summed E-state index contributed by atoms with van der Waals surface area (Å²) >= 11 is 0. The van der Waals surface area contributed by atoms with Crippen molar-refractivity contribution in [3.63, 3.8) is 0 Å². The van der Waals surface area contributed by atoms with E-state index in [0.29, 0.717) is 0 Å². The van der Waals surface area contributed by atoms with Gasteiger partial charge in [-0.05, 0) is 31.2 Å². The molecule has 0 aliphatic carbocycles. The molecule has 4 nitrogen and oxygen atoms in total. The molecule has 0 aliphatic heterocycles. The van der Waals surface area contributed by atoms with Crippen LogP contribution in [0, 0.1) is 6.92 Å². The summed E-state index contributed by atoms with van der Waals surface area (Å²) in [6, 6.07) is 13.7. The Morgan fingerprint density at radius 2 is 1.15 bits per heavy atom. The quantitative estimate of drug-likeness (QED) is 0.868. The first-order chi connectivity index (χ1) is 9.31. The van der Waals surface area contributed by atoms with Crippen molar-refractivity contribution in [1.29, 1.82) is 0 Å². The third-order valence-corrected chi connectivity index (χ3v) is 7.26. The summed E-state index contributed by atoms with van der Waals surface area (Å²) in [6.45, 7) is 1.83. The lowest BCUT2D eigenvalue weighted by Crippen LogP contribution is -2.17. The highest BCUT2D eigenvalue weighted by atomic mass is 32.3. The van der Waals surface area contributed by atoms with Crippen molar-refractivity contribution in [3.8, 4) is 0 Å². The molecule has 0 atom stereocenters. The lowest BCUT2D eigenvalue weighted by molar-refractivity contribution is 0.589. The van der Waals surface area contributed by atoms with Crippen LogP contribution in [0.3, 0.4) is 0 Å². The lowest BCUT2D eigenvalue weighted by atomic mass is 10.2. The van der Waals surface area contributed by atoms with Crippen LogP contribution in [0.1, 0.15) is 5.56 Å². The van der Waals surface area contributed by atoms with Crippen molar-refractivity contribution in [2.24, 2.45) is 0 Å².